The second kappa shape index (κ2) is 26.8. The second-order valence-corrected chi connectivity index (χ2v) is 15.3. The maximum absolute atomic E-state index is 12.5. The van der Waals surface area contributed by atoms with Crippen LogP contribution in [0.25, 0.3) is 11.1 Å². The van der Waals surface area contributed by atoms with Crippen molar-refractivity contribution in [1.82, 2.24) is 0 Å². The van der Waals surface area contributed by atoms with Crippen LogP contribution < -0.4 is 9.47 Å². The van der Waals surface area contributed by atoms with Crippen LogP contribution in [0.4, 0.5) is 0 Å². The molecule has 3 aromatic rings. The summed E-state index contributed by atoms with van der Waals surface area (Å²) in [5.41, 5.74) is 3.53. The number of benzene rings is 3. The molecule has 63 heavy (non-hydrogen) atoms. The third-order valence-electron chi connectivity index (χ3n) is 9.68. The first-order valence-corrected chi connectivity index (χ1v) is 20.8. The minimum atomic E-state index is -1.53. The van der Waals surface area contributed by atoms with Gasteiger partial charge in [-0.3, -0.25) is 19.2 Å². The van der Waals surface area contributed by atoms with Crippen molar-refractivity contribution >= 4 is 35.8 Å². The molecule has 14 nitrogen and oxygen atoms in total. The van der Waals surface area contributed by atoms with Crippen molar-refractivity contribution in [3.63, 3.8) is 0 Å². The number of carbonyl (C=O) groups is 6. The monoisotopic (exact) mass is 872 g/mol. The summed E-state index contributed by atoms with van der Waals surface area (Å²) in [7, 11) is 2.22. The highest BCUT2D eigenvalue weighted by Crippen LogP contribution is 2.30. The summed E-state index contributed by atoms with van der Waals surface area (Å²) in [5, 5.41) is 0. The van der Waals surface area contributed by atoms with Gasteiger partial charge in [-0.1, -0.05) is 81.8 Å². The number of aryl methyl sites for hydroxylation is 2. The molecular formula is C49H60O14. The molecule has 0 saturated heterocycles. The molecule has 0 N–H and O–H groups in total. The lowest BCUT2D eigenvalue weighted by atomic mass is 9.92. The molecule has 340 valence electrons. The Morgan fingerprint density at radius 2 is 1.08 bits per heavy atom. The van der Waals surface area contributed by atoms with E-state index in [1.54, 1.807) is 31.2 Å². The number of hydrogen-bond donors (Lipinski definition) is 0. The van der Waals surface area contributed by atoms with Crippen molar-refractivity contribution in [1.29, 1.82) is 0 Å². The molecule has 0 aliphatic rings. The van der Waals surface area contributed by atoms with E-state index in [-0.39, 0.29) is 24.4 Å². The van der Waals surface area contributed by atoms with E-state index in [4.69, 9.17) is 28.4 Å². The van der Waals surface area contributed by atoms with E-state index >= 15 is 0 Å². The topological polar surface area (TPSA) is 176 Å². The number of hydrogen-bond acceptors (Lipinski definition) is 14. The zero-order valence-electron chi connectivity index (χ0n) is 37.1. The molecular weight excluding hydrogens is 813 g/mol. The highest BCUT2D eigenvalue weighted by molar-refractivity contribution is 5.92. The Labute approximate surface area is 369 Å². The van der Waals surface area contributed by atoms with Crippen molar-refractivity contribution < 1.29 is 66.7 Å². The van der Waals surface area contributed by atoms with Gasteiger partial charge < -0.3 is 37.9 Å². The predicted molar refractivity (Wildman–Crippen MR) is 233 cm³/mol. The van der Waals surface area contributed by atoms with Crippen LogP contribution in [-0.4, -0.2) is 83.1 Å². The third-order valence-corrected chi connectivity index (χ3v) is 9.68. The van der Waals surface area contributed by atoms with Crippen molar-refractivity contribution in [2.75, 3.05) is 47.3 Å². The minimum Gasteiger partial charge on any atom is -0.494 e. The molecule has 0 radical (unpaired) electrons. The van der Waals surface area contributed by atoms with Crippen molar-refractivity contribution in [3.8, 4) is 22.6 Å². The predicted octanol–water partition coefficient (Wildman–Crippen LogP) is 7.80. The SMILES string of the molecule is C=C(C)C(=O)OCc1cc(CCCOc2ccc(CCCCCC)cc2)ccc1-c1ccc(OCC(COC(=O)CC(=O)OC)(COC(=O)CC(=O)OC)COC(=O)C(=C)C)cc1. The fraction of sp³-hybridized carbons (Fsp3) is 0.429. The van der Waals surface area contributed by atoms with Gasteiger partial charge >= 0.3 is 35.8 Å². The summed E-state index contributed by atoms with van der Waals surface area (Å²) >= 11 is 0. The number of ether oxygens (including phenoxy) is 8. The minimum absolute atomic E-state index is 0.00321. The highest BCUT2D eigenvalue weighted by atomic mass is 16.6. The molecule has 0 saturated carbocycles. The van der Waals surface area contributed by atoms with Gasteiger partial charge in [0.2, 0.25) is 0 Å². The molecule has 0 aliphatic carbocycles. The first-order chi connectivity index (χ1) is 30.2. The van der Waals surface area contributed by atoms with Crippen LogP contribution in [0.15, 0.2) is 91.0 Å². The van der Waals surface area contributed by atoms with Gasteiger partial charge in [-0.2, -0.15) is 0 Å². The Morgan fingerprint density at radius 1 is 0.556 bits per heavy atom. The maximum Gasteiger partial charge on any atom is 0.333 e. The third kappa shape index (κ3) is 18.6. The molecule has 0 aliphatic heterocycles. The summed E-state index contributed by atoms with van der Waals surface area (Å²) in [5.74, 6) is -3.73. The molecule has 0 amide bonds. The molecule has 0 heterocycles. The molecule has 3 rings (SSSR count). The van der Waals surface area contributed by atoms with E-state index in [1.807, 2.05) is 30.3 Å². The van der Waals surface area contributed by atoms with Gasteiger partial charge in [-0.25, -0.2) is 9.59 Å². The van der Waals surface area contributed by atoms with Crippen molar-refractivity contribution in [3.05, 3.63) is 108 Å². The van der Waals surface area contributed by atoms with Gasteiger partial charge in [0.25, 0.3) is 0 Å². The number of carbonyl (C=O) groups excluding carboxylic acids is 6. The number of rotatable bonds is 28. The lowest BCUT2D eigenvalue weighted by molar-refractivity contribution is -0.165. The summed E-state index contributed by atoms with van der Waals surface area (Å²) in [6, 6.07) is 21.2. The van der Waals surface area contributed by atoms with Crippen LogP contribution >= 0.6 is 0 Å². The first-order valence-electron chi connectivity index (χ1n) is 20.8. The molecule has 14 heteroatoms. The summed E-state index contributed by atoms with van der Waals surface area (Å²) in [4.78, 5) is 73.4. The second-order valence-electron chi connectivity index (χ2n) is 15.3. The van der Waals surface area contributed by atoms with E-state index < -0.39 is 73.9 Å². The molecule has 0 aromatic heterocycles. The van der Waals surface area contributed by atoms with Gasteiger partial charge in [0, 0.05) is 11.1 Å². The Bertz CT molecular complexity index is 1980. The van der Waals surface area contributed by atoms with Gasteiger partial charge in [-0.05, 0) is 91.6 Å². The molecule has 0 fully saturated rings. The number of esters is 6. The smallest absolute Gasteiger partial charge is 0.333 e. The lowest BCUT2D eigenvalue weighted by Gasteiger charge is -2.32. The molecule has 0 unspecified atom stereocenters. The van der Waals surface area contributed by atoms with Gasteiger partial charge in [0.15, 0.2) is 0 Å². The van der Waals surface area contributed by atoms with E-state index in [1.165, 1.54) is 38.2 Å². The fourth-order valence-electron chi connectivity index (χ4n) is 5.95. The van der Waals surface area contributed by atoms with Crippen molar-refractivity contribution in [2.24, 2.45) is 5.41 Å². The summed E-state index contributed by atoms with van der Waals surface area (Å²) < 4.78 is 42.9. The molecule has 0 bridgehead atoms. The van der Waals surface area contributed by atoms with Crippen LogP contribution in [0.1, 0.15) is 82.4 Å². The lowest BCUT2D eigenvalue weighted by Crippen LogP contribution is -2.44. The van der Waals surface area contributed by atoms with E-state index in [2.05, 4.69) is 41.7 Å². The average molecular weight is 873 g/mol. The number of unbranched alkanes of at least 4 members (excludes halogenated alkanes) is 3. The Balaban J connectivity index is 1.79. The zero-order chi connectivity index (χ0) is 46.2. The van der Waals surface area contributed by atoms with Crippen LogP contribution in [0, 0.1) is 5.41 Å². The standard InChI is InChI=1S/C49H60O14/c1-8-9-10-11-13-36-15-20-40(21-16-36)58-25-12-14-37-17-24-42(39(26-37)29-59-47(54)34(2)3)38-18-22-41(23-19-38)60-30-49(33-63-48(55)35(4)5,31-61-45(52)27-43(50)56-6)32-62-46(53)28-44(51)57-7/h15-24,26H,2,4,8-14,25,27-33H2,1,3,5-7H3. The van der Waals surface area contributed by atoms with Crippen LogP contribution in [0.2, 0.25) is 0 Å². The first kappa shape index (κ1) is 50.9. The van der Waals surface area contributed by atoms with E-state index in [0.717, 1.165) is 61.5 Å². The Kier molecular flexibility index (Phi) is 21.7. The normalized spacial score (nSPS) is 10.8. The van der Waals surface area contributed by atoms with Gasteiger partial charge in [0.05, 0.1) is 20.8 Å². The van der Waals surface area contributed by atoms with Gasteiger partial charge in [-0.15, -0.1) is 0 Å². The van der Waals surface area contributed by atoms with Crippen molar-refractivity contribution in [2.45, 2.75) is 85.2 Å². The Morgan fingerprint density at radius 3 is 1.65 bits per heavy atom. The average Bonchev–Trinajstić information content (AvgIpc) is 3.28. The van der Waals surface area contributed by atoms with E-state index in [9.17, 15) is 28.8 Å². The Hall–Kier alpha value is -6.44. The zero-order valence-corrected chi connectivity index (χ0v) is 37.1. The maximum atomic E-state index is 12.5. The largest absolute Gasteiger partial charge is 0.494 e. The van der Waals surface area contributed by atoms with Crippen LogP contribution in [0.5, 0.6) is 11.5 Å². The summed E-state index contributed by atoms with van der Waals surface area (Å²) in [6.45, 7) is 11.1. The molecule has 0 atom stereocenters. The quantitative estimate of drug-likeness (QED) is 0.0227. The van der Waals surface area contributed by atoms with Gasteiger partial charge in [0.1, 0.15) is 62.8 Å². The summed E-state index contributed by atoms with van der Waals surface area (Å²) in [6.07, 6.45) is 6.05. The fourth-order valence-corrected chi connectivity index (χ4v) is 5.95. The van der Waals surface area contributed by atoms with Crippen LogP contribution in [-0.2, 0) is 76.6 Å². The van der Waals surface area contributed by atoms with E-state index in [0.29, 0.717) is 12.4 Å². The highest BCUT2D eigenvalue weighted by Gasteiger charge is 2.38. The molecule has 3 aromatic carbocycles. The number of methoxy groups -OCH3 is 2. The van der Waals surface area contributed by atoms with Crippen LogP contribution in [0.3, 0.4) is 0 Å². The molecule has 0 spiro atoms.